The number of carbonyl (C=O) groups excluding carboxylic acids is 1. The average molecular weight is 319 g/mol. The molecule has 1 aliphatic rings. The van der Waals surface area contributed by atoms with E-state index in [0.717, 1.165) is 30.6 Å². The maximum atomic E-state index is 12.1. The van der Waals surface area contributed by atoms with Gasteiger partial charge in [0.05, 0.1) is 6.54 Å². The van der Waals surface area contributed by atoms with Gasteiger partial charge in [0.15, 0.2) is 0 Å². The van der Waals surface area contributed by atoms with Crippen LogP contribution in [0.15, 0.2) is 65.8 Å². The first-order chi connectivity index (χ1) is 11.8. The van der Waals surface area contributed by atoms with Crippen LogP contribution in [0.1, 0.15) is 17.5 Å². The summed E-state index contributed by atoms with van der Waals surface area (Å²) < 4.78 is 0. The maximum absolute atomic E-state index is 12.1. The number of aryl methyl sites for hydroxylation is 1. The second kappa shape index (κ2) is 8.11. The number of amides is 1. The monoisotopic (exact) mass is 319 g/mol. The van der Waals surface area contributed by atoms with Crippen molar-refractivity contribution < 1.29 is 4.79 Å². The Morgan fingerprint density at radius 3 is 2.79 bits per heavy atom. The lowest BCUT2D eigenvalue weighted by Gasteiger charge is -2.30. The Bertz CT molecular complexity index is 738. The Morgan fingerprint density at radius 1 is 1.12 bits per heavy atom. The minimum Gasteiger partial charge on any atom is -0.362 e. The van der Waals surface area contributed by atoms with E-state index in [1.165, 1.54) is 5.56 Å². The molecule has 122 valence electrons. The molecule has 1 heterocycles. The van der Waals surface area contributed by atoms with E-state index in [9.17, 15) is 4.79 Å². The number of hydrogen-bond acceptors (Lipinski definition) is 3. The van der Waals surface area contributed by atoms with Crippen LogP contribution in [0.25, 0.3) is 6.08 Å². The lowest BCUT2D eigenvalue weighted by atomic mass is 10.0. The molecule has 0 fully saturated rings. The summed E-state index contributed by atoms with van der Waals surface area (Å²) in [7, 11) is 0. The molecule has 2 aromatic carbocycles. The Morgan fingerprint density at radius 2 is 1.92 bits per heavy atom. The van der Waals surface area contributed by atoms with Gasteiger partial charge in [-0.2, -0.15) is 5.10 Å². The summed E-state index contributed by atoms with van der Waals surface area (Å²) in [6.45, 7) is 1.23. The number of anilines is 1. The van der Waals surface area contributed by atoms with Crippen molar-refractivity contribution in [3.63, 3.8) is 0 Å². The number of fused-ring (bicyclic) bond motifs is 1. The molecule has 1 amide bonds. The molecule has 24 heavy (non-hydrogen) atoms. The zero-order chi connectivity index (χ0) is 16.6. The third kappa shape index (κ3) is 4.32. The molecule has 1 aliphatic heterocycles. The van der Waals surface area contributed by atoms with E-state index in [1.54, 1.807) is 6.21 Å². The molecule has 0 aliphatic carbocycles. The molecule has 0 radical (unpaired) electrons. The van der Waals surface area contributed by atoms with Gasteiger partial charge in [0, 0.05) is 18.4 Å². The van der Waals surface area contributed by atoms with E-state index >= 15 is 0 Å². The highest BCUT2D eigenvalue weighted by atomic mass is 16.2. The fourth-order valence-corrected chi connectivity index (χ4v) is 2.86. The van der Waals surface area contributed by atoms with Crippen LogP contribution in [-0.2, 0) is 11.2 Å². The van der Waals surface area contributed by atoms with Crippen LogP contribution in [0.2, 0.25) is 0 Å². The highest BCUT2D eigenvalue weighted by molar-refractivity contribution is 5.84. The molecule has 4 heteroatoms. The predicted molar refractivity (Wildman–Crippen MR) is 99.1 cm³/mol. The summed E-state index contributed by atoms with van der Waals surface area (Å²) in [4.78, 5) is 14.2. The molecular formula is C20H21N3O. The fraction of sp³-hybridized carbons (Fsp3) is 0.200. The predicted octanol–water partition coefficient (Wildman–Crippen LogP) is 3.25. The molecule has 4 nitrogen and oxygen atoms in total. The van der Waals surface area contributed by atoms with Crippen LogP contribution < -0.4 is 10.3 Å². The first-order valence-electron chi connectivity index (χ1n) is 8.19. The maximum Gasteiger partial charge on any atom is 0.259 e. The lowest BCUT2D eigenvalue weighted by Crippen LogP contribution is -2.38. The Kier molecular flexibility index (Phi) is 5.40. The van der Waals surface area contributed by atoms with Crippen LogP contribution in [-0.4, -0.2) is 25.2 Å². The number of allylic oxidation sites excluding steroid dienone is 1. The second-order valence-electron chi connectivity index (χ2n) is 5.74. The first-order valence-corrected chi connectivity index (χ1v) is 8.19. The van der Waals surface area contributed by atoms with E-state index in [1.807, 2.05) is 54.6 Å². The second-order valence-corrected chi connectivity index (χ2v) is 5.74. The molecule has 0 atom stereocenters. The molecule has 0 spiro atoms. The fourth-order valence-electron chi connectivity index (χ4n) is 2.86. The number of carbonyl (C=O) groups is 1. The number of benzene rings is 2. The Hall–Kier alpha value is -2.88. The highest BCUT2D eigenvalue weighted by Gasteiger charge is 2.18. The summed E-state index contributed by atoms with van der Waals surface area (Å²) in [6, 6.07) is 18.2. The smallest absolute Gasteiger partial charge is 0.259 e. The van der Waals surface area contributed by atoms with Gasteiger partial charge in [-0.15, -0.1) is 0 Å². The van der Waals surface area contributed by atoms with Crippen molar-refractivity contribution >= 4 is 23.9 Å². The van der Waals surface area contributed by atoms with Gasteiger partial charge in [-0.1, -0.05) is 54.6 Å². The molecule has 3 rings (SSSR count). The van der Waals surface area contributed by atoms with Gasteiger partial charge in [-0.05, 0) is 36.1 Å². The van der Waals surface area contributed by atoms with Crippen molar-refractivity contribution in [3.8, 4) is 0 Å². The van der Waals surface area contributed by atoms with Gasteiger partial charge in [0.2, 0.25) is 0 Å². The number of hydrazone groups is 1. The number of hydrogen-bond donors (Lipinski definition) is 1. The highest BCUT2D eigenvalue weighted by Crippen LogP contribution is 2.26. The minimum absolute atomic E-state index is 0.101. The van der Waals surface area contributed by atoms with E-state index in [0.29, 0.717) is 6.54 Å². The quantitative estimate of drug-likeness (QED) is 0.679. The van der Waals surface area contributed by atoms with Crippen molar-refractivity contribution in [3.05, 3.63) is 71.8 Å². The zero-order valence-electron chi connectivity index (χ0n) is 13.6. The van der Waals surface area contributed by atoms with E-state index in [4.69, 9.17) is 0 Å². The van der Waals surface area contributed by atoms with E-state index in [2.05, 4.69) is 27.6 Å². The van der Waals surface area contributed by atoms with Crippen LogP contribution in [0.4, 0.5) is 5.69 Å². The summed E-state index contributed by atoms with van der Waals surface area (Å²) in [5, 5.41) is 3.97. The van der Waals surface area contributed by atoms with E-state index < -0.39 is 0 Å². The van der Waals surface area contributed by atoms with E-state index in [-0.39, 0.29) is 5.91 Å². The largest absolute Gasteiger partial charge is 0.362 e. The van der Waals surface area contributed by atoms with Crippen molar-refractivity contribution in [2.24, 2.45) is 5.10 Å². The standard InChI is InChI=1S/C20H21N3O/c24-20(22-21-14-6-10-17-8-2-1-3-9-17)16-23-15-7-12-18-11-4-5-13-19(18)23/h1-6,8-11,13-14H,7,12,15-16H2,(H,22,24). The van der Waals surface area contributed by atoms with Crippen LogP contribution >= 0.6 is 0 Å². The van der Waals surface area contributed by atoms with Crippen molar-refractivity contribution in [2.75, 3.05) is 18.0 Å². The SMILES string of the molecule is O=C(CN1CCCc2ccccc21)NN=CC=Cc1ccccc1. The summed E-state index contributed by atoms with van der Waals surface area (Å²) in [5.41, 5.74) is 6.15. The Balaban J connectivity index is 1.50. The average Bonchev–Trinajstić information content (AvgIpc) is 2.63. The number of nitrogens with zero attached hydrogens (tertiary/aromatic N) is 2. The van der Waals surface area contributed by atoms with Crippen LogP contribution in [0.5, 0.6) is 0 Å². The summed E-state index contributed by atoms with van der Waals surface area (Å²) in [6.07, 6.45) is 7.50. The molecule has 0 aromatic heterocycles. The number of rotatable bonds is 5. The topological polar surface area (TPSA) is 44.7 Å². The first kappa shape index (κ1) is 16.0. The molecule has 2 aromatic rings. The minimum atomic E-state index is -0.101. The number of nitrogens with one attached hydrogen (secondary N) is 1. The summed E-state index contributed by atoms with van der Waals surface area (Å²) in [5.74, 6) is -0.101. The third-order valence-electron chi connectivity index (χ3n) is 3.98. The zero-order valence-corrected chi connectivity index (χ0v) is 13.6. The molecule has 0 saturated heterocycles. The molecule has 0 unspecified atom stereocenters. The van der Waals surface area contributed by atoms with Crippen LogP contribution in [0.3, 0.4) is 0 Å². The molecular weight excluding hydrogens is 298 g/mol. The van der Waals surface area contributed by atoms with Crippen molar-refractivity contribution in [1.29, 1.82) is 0 Å². The van der Waals surface area contributed by atoms with Gasteiger partial charge < -0.3 is 4.90 Å². The van der Waals surface area contributed by atoms with Gasteiger partial charge in [0.25, 0.3) is 5.91 Å². The van der Waals surface area contributed by atoms with Crippen molar-refractivity contribution in [1.82, 2.24) is 5.43 Å². The third-order valence-corrected chi connectivity index (χ3v) is 3.98. The van der Waals surface area contributed by atoms with Crippen molar-refractivity contribution in [2.45, 2.75) is 12.8 Å². The number of para-hydroxylation sites is 1. The van der Waals surface area contributed by atoms with Gasteiger partial charge >= 0.3 is 0 Å². The lowest BCUT2D eigenvalue weighted by molar-refractivity contribution is -0.119. The summed E-state index contributed by atoms with van der Waals surface area (Å²) >= 11 is 0. The molecule has 1 N–H and O–H groups in total. The van der Waals surface area contributed by atoms with Crippen LogP contribution in [0, 0.1) is 0 Å². The molecule has 0 saturated carbocycles. The van der Waals surface area contributed by atoms with Gasteiger partial charge in [0.1, 0.15) is 0 Å². The molecule has 0 bridgehead atoms. The normalized spacial score (nSPS) is 14.1. The Labute approximate surface area is 142 Å². The van der Waals surface area contributed by atoms with Gasteiger partial charge in [-0.25, -0.2) is 5.43 Å². The van der Waals surface area contributed by atoms with Gasteiger partial charge in [-0.3, -0.25) is 4.79 Å².